The number of hydrogen-bond acceptors (Lipinski definition) is 1. The molecule has 0 aromatic heterocycles. The van der Waals surface area contributed by atoms with Gasteiger partial charge in [0.05, 0.1) is 5.02 Å². The number of ether oxygens (including phenoxy) is 1. The average molecular weight is 372 g/mol. The Labute approximate surface area is 106 Å². The number of halogens is 7. The molecule has 0 aliphatic heterocycles. The van der Waals surface area contributed by atoms with Gasteiger partial charge in [-0.3, -0.25) is 0 Å². The molecule has 1 aromatic rings. The molecule has 0 heterocycles. The van der Waals surface area contributed by atoms with Crippen molar-refractivity contribution in [1.82, 2.24) is 0 Å². The van der Waals surface area contributed by atoms with Gasteiger partial charge in [-0.2, -0.15) is 22.0 Å². The van der Waals surface area contributed by atoms with E-state index in [-0.39, 0.29) is 3.57 Å². The maximum Gasteiger partial charge on any atom is 0.421 e. The highest BCUT2D eigenvalue weighted by Crippen LogP contribution is 2.43. The summed E-state index contributed by atoms with van der Waals surface area (Å²) in [5.41, 5.74) is -1.29. The van der Waals surface area contributed by atoms with Gasteiger partial charge in [-0.15, -0.1) is 0 Å². The highest BCUT2D eigenvalue weighted by Gasteiger charge is 2.38. The third kappa shape index (κ3) is 3.09. The second-order valence-electron chi connectivity index (χ2n) is 2.61. The van der Waals surface area contributed by atoms with Crippen molar-refractivity contribution in [3.8, 4) is 5.75 Å². The Morgan fingerprint density at radius 2 is 1.81 bits per heavy atom. The van der Waals surface area contributed by atoms with E-state index in [0.717, 1.165) is 12.1 Å². The molecule has 0 saturated heterocycles. The van der Waals surface area contributed by atoms with Gasteiger partial charge in [0.15, 0.2) is 5.75 Å². The summed E-state index contributed by atoms with van der Waals surface area (Å²) in [7, 11) is 0. The molecule has 90 valence electrons. The van der Waals surface area contributed by atoms with Crippen molar-refractivity contribution in [2.45, 2.75) is 12.8 Å². The Balaban J connectivity index is 3.37. The number of benzene rings is 1. The van der Waals surface area contributed by atoms with Gasteiger partial charge in [0, 0.05) is 3.57 Å². The van der Waals surface area contributed by atoms with E-state index < -0.39 is 29.1 Å². The molecule has 0 aliphatic rings. The number of alkyl halides is 5. The monoisotopic (exact) mass is 372 g/mol. The van der Waals surface area contributed by atoms with Gasteiger partial charge in [-0.25, -0.2) is 0 Å². The summed E-state index contributed by atoms with van der Waals surface area (Å²) < 4.78 is 65.1. The molecule has 0 amide bonds. The summed E-state index contributed by atoms with van der Waals surface area (Å²) in [5.74, 6) is -1.05. The molecule has 0 spiro atoms. The lowest BCUT2D eigenvalue weighted by molar-refractivity contribution is -0.142. The Morgan fingerprint density at radius 3 is 2.25 bits per heavy atom. The Hall–Kier alpha value is -0.310. The first-order valence-electron chi connectivity index (χ1n) is 3.73. The molecule has 0 bridgehead atoms. The van der Waals surface area contributed by atoms with Crippen LogP contribution in [0.4, 0.5) is 22.0 Å². The van der Waals surface area contributed by atoms with Crippen LogP contribution in [0, 0.1) is 3.57 Å². The largest absolute Gasteiger partial charge is 0.433 e. The predicted octanol–water partition coefficient (Wildman–Crippen LogP) is 4.56. The number of hydrogen-bond donors (Lipinski definition) is 0. The molecule has 16 heavy (non-hydrogen) atoms. The molecule has 0 saturated carbocycles. The first-order valence-corrected chi connectivity index (χ1v) is 5.19. The fourth-order valence-electron chi connectivity index (χ4n) is 1.00. The van der Waals surface area contributed by atoms with Crippen molar-refractivity contribution in [1.29, 1.82) is 0 Å². The van der Waals surface area contributed by atoms with Gasteiger partial charge in [-0.1, -0.05) is 11.6 Å². The van der Waals surface area contributed by atoms with Crippen LogP contribution in [-0.4, -0.2) is 6.61 Å². The minimum atomic E-state index is -4.80. The molecule has 0 fully saturated rings. The fourth-order valence-corrected chi connectivity index (χ4v) is 1.93. The highest BCUT2D eigenvalue weighted by molar-refractivity contribution is 14.1. The normalized spacial score (nSPS) is 12.0. The summed E-state index contributed by atoms with van der Waals surface area (Å²) >= 11 is 6.76. The molecule has 0 atom stereocenters. The second kappa shape index (κ2) is 4.91. The van der Waals surface area contributed by atoms with E-state index in [0.29, 0.717) is 0 Å². The molecule has 0 N–H and O–H groups in total. The molecule has 0 radical (unpaired) electrons. The van der Waals surface area contributed by atoms with Crippen LogP contribution in [0.15, 0.2) is 12.1 Å². The van der Waals surface area contributed by atoms with E-state index in [4.69, 9.17) is 11.6 Å². The van der Waals surface area contributed by atoms with Crippen LogP contribution in [-0.2, 0) is 6.18 Å². The maximum absolute atomic E-state index is 12.6. The zero-order chi connectivity index (χ0) is 12.5. The van der Waals surface area contributed by atoms with Crippen LogP contribution in [0.2, 0.25) is 5.02 Å². The van der Waals surface area contributed by atoms with Crippen molar-refractivity contribution in [2.75, 3.05) is 0 Å². The molecule has 1 rings (SSSR count). The van der Waals surface area contributed by atoms with Crippen molar-refractivity contribution in [2.24, 2.45) is 0 Å². The minimum absolute atomic E-state index is 0.259. The lowest BCUT2D eigenvalue weighted by Gasteiger charge is -2.16. The Kier molecular flexibility index (Phi) is 4.22. The van der Waals surface area contributed by atoms with E-state index in [2.05, 4.69) is 4.74 Å². The van der Waals surface area contributed by atoms with Crippen molar-refractivity contribution in [3.63, 3.8) is 0 Å². The Bertz CT molecular complexity index is 393. The zero-order valence-corrected chi connectivity index (χ0v) is 10.2. The van der Waals surface area contributed by atoms with E-state index >= 15 is 0 Å². The topological polar surface area (TPSA) is 9.23 Å². The van der Waals surface area contributed by atoms with Gasteiger partial charge in [-0.05, 0) is 34.7 Å². The first kappa shape index (κ1) is 13.8. The lowest BCUT2D eigenvalue weighted by Crippen LogP contribution is -2.13. The lowest BCUT2D eigenvalue weighted by atomic mass is 10.2. The zero-order valence-electron chi connectivity index (χ0n) is 7.29. The van der Waals surface area contributed by atoms with Gasteiger partial charge < -0.3 is 4.74 Å². The van der Waals surface area contributed by atoms with Gasteiger partial charge in [0.1, 0.15) is 5.56 Å². The molecule has 1 nitrogen and oxygen atoms in total. The van der Waals surface area contributed by atoms with Crippen LogP contribution in [0.1, 0.15) is 5.56 Å². The Morgan fingerprint density at radius 1 is 1.25 bits per heavy atom. The first-order chi connectivity index (χ1) is 7.23. The predicted molar refractivity (Wildman–Crippen MR) is 55.8 cm³/mol. The van der Waals surface area contributed by atoms with Crippen LogP contribution in [0.5, 0.6) is 5.75 Å². The SMILES string of the molecule is FC(F)Oc1c(Cl)ccc(I)c1C(F)(F)F. The van der Waals surface area contributed by atoms with Crippen molar-refractivity contribution < 1.29 is 26.7 Å². The van der Waals surface area contributed by atoms with E-state index in [1.165, 1.54) is 22.6 Å². The van der Waals surface area contributed by atoms with E-state index in [9.17, 15) is 22.0 Å². The van der Waals surface area contributed by atoms with Crippen LogP contribution in [0.3, 0.4) is 0 Å². The molecule has 1 aromatic carbocycles. The average Bonchev–Trinajstić information content (AvgIpc) is 2.08. The van der Waals surface area contributed by atoms with Gasteiger partial charge in [0.25, 0.3) is 0 Å². The van der Waals surface area contributed by atoms with Crippen molar-refractivity contribution in [3.05, 3.63) is 26.3 Å². The second-order valence-corrected chi connectivity index (χ2v) is 4.18. The maximum atomic E-state index is 12.6. The summed E-state index contributed by atoms with van der Waals surface area (Å²) in [4.78, 5) is 0. The quantitative estimate of drug-likeness (QED) is 0.546. The summed E-state index contributed by atoms with van der Waals surface area (Å²) in [6.45, 7) is -3.36. The van der Waals surface area contributed by atoms with Crippen LogP contribution in [0.25, 0.3) is 0 Å². The standard InChI is InChI=1S/C8H3ClF5IO/c9-3-1-2-4(15)5(8(12,13)14)6(3)16-7(10)11/h1-2,7H. The molecule has 8 heteroatoms. The van der Waals surface area contributed by atoms with E-state index in [1.807, 2.05) is 0 Å². The molecular formula is C8H3ClF5IO. The van der Waals surface area contributed by atoms with Crippen LogP contribution < -0.4 is 4.74 Å². The smallest absolute Gasteiger partial charge is 0.421 e. The molecular weight excluding hydrogens is 369 g/mol. The molecule has 0 aliphatic carbocycles. The highest BCUT2D eigenvalue weighted by atomic mass is 127. The van der Waals surface area contributed by atoms with Gasteiger partial charge in [0.2, 0.25) is 0 Å². The fraction of sp³-hybridized carbons (Fsp3) is 0.250. The number of rotatable bonds is 2. The summed E-state index contributed by atoms with van der Waals surface area (Å²) in [5, 5.41) is -0.506. The van der Waals surface area contributed by atoms with Crippen LogP contribution >= 0.6 is 34.2 Å². The third-order valence-electron chi connectivity index (χ3n) is 1.55. The minimum Gasteiger partial charge on any atom is -0.433 e. The van der Waals surface area contributed by atoms with E-state index in [1.54, 1.807) is 0 Å². The molecule has 0 unspecified atom stereocenters. The summed E-state index contributed by atoms with van der Waals surface area (Å²) in [6, 6.07) is 2.14. The summed E-state index contributed by atoms with van der Waals surface area (Å²) in [6.07, 6.45) is -4.80. The van der Waals surface area contributed by atoms with Crippen molar-refractivity contribution >= 4 is 34.2 Å². The third-order valence-corrected chi connectivity index (χ3v) is 2.75. The van der Waals surface area contributed by atoms with Gasteiger partial charge >= 0.3 is 12.8 Å².